The van der Waals surface area contributed by atoms with Gasteiger partial charge >= 0.3 is 5.63 Å². The Morgan fingerprint density at radius 3 is 2.70 bits per heavy atom. The van der Waals surface area contributed by atoms with Gasteiger partial charge in [0.1, 0.15) is 6.26 Å². The number of para-hydroxylation sites is 2. The topological polar surface area (TPSA) is 111 Å². The zero-order chi connectivity index (χ0) is 18.4. The van der Waals surface area contributed by atoms with Gasteiger partial charge in [-0.1, -0.05) is 30.3 Å². The monoisotopic (exact) mass is 361 g/mol. The van der Waals surface area contributed by atoms with Crippen molar-refractivity contribution in [1.29, 1.82) is 0 Å². The molecule has 132 valence electrons. The third-order valence-electron chi connectivity index (χ3n) is 4.09. The summed E-state index contributed by atoms with van der Waals surface area (Å²) in [5.41, 5.74) is 1.30. The van der Waals surface area contributed by atoms with E-state index in [1.165, 1.54) is 6.26 Å². The van der Waals surface area contributed by atoms with Gasteiger partial charge in [0.15, 0.2) is 5.69 Å². The summed E-state index contributed by atoms with van der Waals surface area (Å²) in [4.78, 5) is 24.9. The molecule has 1 aliphatic rings. The number of hydrogen-bond donors (Lipinski definition) is 1. The predicted octanol–water partition coefficient (Wildman–Crippen LogP) is 2.94. The second-order valence-corrected chi connectivity index (χ2v) is 5.81. The number of aliphatic imine (C=N–C) groups is 1. The van der Waals surface area contributed by atoms with Crippen molar-refractivity contribution in [2.75, 3.05) is 0 Å². The van der Waals surface area contributed by atoms with Crippen LogP contribution in [0.25, 0.3) is 22.5 Å². The lowest BCUT2D eigenvalue weighted by molar-refractivity contribution is -0.0329. The first-order valence-electron chi connectivity index (χ1n) is 8.07. The van der Waals surface area contributed by atoms with Crippen LogP contribution in [-0.4, -0.2) is 21.0 Å². The Balaban J connectivity index is 1.56. The molecule has 1 N–H and O–H groups in total. The van der Waals surface area contributed by atoms with E-state index < -0.39 is 11.9 Å². The van der Waals surface area contributed by atoms with Crippen molar-refractivity contribution in [3.05, 3.63) is 76.7 Å². The summed E-state index contributed by atoms with van der Waals surface area (Å²) in [5, 5.41) is 10.5. The molecular formula is C19H11N3O5. The zero-order valence-corrected chi connectivity index (χ0v) is 13.7. The molecule has 1 unspecified atom stereocenters. The number of ether oxygens (including phenoxy) is 1. The first-order chi connectivity index (χ1) is 13.2. The number of nitrogens with zero attached hydrogens (tertiary/aromatic N) is 3. The number of oxazole rings is 1. The lowest BCUT2D eigenvalue weighted by atomic mass is 10.1. The van der Waals surface area contributed by atoms with E-state index in [1.54, 1.807) is 48.5 Å². The van der Waals surface area contributed by atoms with Crippen LogP contribution in [0.3, 0.4) is 0 Å². The maximum Gasteiger partial charge on any atom is 0.347 e. The lowest BCUT2D eigenvalue weighted by Gasteiger charge is -2.19. The lowest BCUT2D eigenvalue weighted by Crippen LogP contribution is -2.16. The standard InChI is InChI=1S/C19H11N3O5/c23-18-10-5-1-3-7-12(10)20-15(26-18)14-9-25-16(22-14)17-21-13-8-4-2-6-11(13)19(24)27-17/h1-9,19,24H. The predicted molar refractivity (Wildman–Crippen MR) is 94.5 cm³/mol. The minimum Gasteiger partial charge on any atom is -0.440 e. The second-order valence-electron chi connectivity index (χ2n) is 5.81. The second kappa shape index (κ2) is 5.89. The molecule has 8 heteroatoms. The molecule has 0 bridgehead atoms. The Morgan fingerprint density at radius 1 is 0.963 bits per heavy atom. The van der Waals surface area contributed by atoms with Crippen molar-refractivity contribution in [2.45, 2.75) is 6.29 Å². The number of benzene rings is 2. The van der Waals surface area contributed by atoms with Crippen molar-refractivity contribution in [3.63, 3.8) is 0 Å². The van der Waals surface area contributed by atoms with Gasteiger partial charge in [0.05, 0.1) is 16.6 Å². The highest BCUT2D eigenvalue weighted by Crippen LogP contribution is 2.32. The smallest absolute Gasteiger partial charge is 0.347 e. The third-order valence-corrected chi connectivity index (χ3v) is 4.09. The van der Waals surface area contributed by atoms with E-state index in [0.29, 0.717) is 22.2 Å². The summed E-state index contributed by atoms with van der Waals surface area (Å²) in [6.07, 6.45) is 0.106. The van der Waals surface area contributed by atoms with Crippen LogP contribution in [0.4, 0.5) is 5.69 Å². The summed E-state index contributed by atoms with van der Waals surface area (Å²) in [6.45, 7) is 0. The van der Waals surface area contributed by atoms with Crippen molar-refractivity contribution >= 4 is 22.5 Å². The molecular weight excluding hydrogens is 350 g/mol. The van der Waals surface area contributed by atoms with Crippen molar-refractivity contribution in [3.8, 4) is 11.6 Å². The van der Waals surface area contributed by atoms with Gasteiger partial charge in [-0.25, -0.2) is 14.8 Å². The number of rotatable bonds is 2. The molecule has 1 aliphatic heterocycles. The van der Waals surface area contributed by atoms with Crippen LogP contribution in [0.15, 0.2) is 73.4 Å². The Morgan fingerprint density at radius 2 is 1.78 bits per heavy atom. The Kier molecular flexibility index (Phi) is 3.37. The van der Waals surface area contributed by atoms with Gasteiger partial charge in [0, 0.05) is 5.56 Å². The Hall–Kier alpha value is -3.78. The minimum atomic E-state index is -1.18. The zero-order valence-electron chi connectivity index (χ0n) is 13.7. The number of aliphatic hydroxyl groups excluding tert-OH is 1. The molecule has 2 aromatic heterocycles. The van der Waals surface area contributed by atoms with Gasteiger partial charge in [-0.15, -0.1) is 0 Å². The van der Waals surface area contributed by atoms with E-state index in [2.05, 4.69) is 15.0 Å². The summed E-state index contributed by atoms with van der Waals surface area (Å²) in [5.74, 6) is 0.0813. The Bertz CT molecular complexity index is 1260. The van der Waals surface area contributed by atoms with E-state index in [-0.39, 0.29) is 23.4 Å². The van der Waals surface area contributed by atoms with Crippen LogP contribution in [-0.2, 0) is 4.74 Å². The molecule has 0 amide bonds. The van der Waals surface area contributed by atoms with Crippen LogP contribution in [0.1, 0.15) is 17.7 Å². The highest BCUT2D eigenvalue weighted by Gasteiger charge is 2.26. The fourth-order valence-corrected chi connectivity index (χ4v) is 2.80. The molecule has 1 atom stereocenters. The fraction of sp³-hybridized carbons (Fsp3) is 0.0526. The van der Waals surface area contributed by atoms with E-state index in [4.69, 9.17) is 13.6 Å². The van der Waals surface area contributed by atoms with E-state index in [1.807, 2.05) is 0 Å². The molecule has 4 aromatic rings. The SMILES string of the molecule is O=c1oc(-c2coc(C3=Nc4ccccc4C(O)O3)n2)nc2ccccc12. The molecule has 0 fully saturated rings. The largest absolute Gasteiger partial charge is 0.440 e. The molecule has 5 rings (SSSR count). The van der Waals surface area contributed by atoms with Gasteiger partial charge in [-0.3, -0.25) is 0 Å². The number of aromatic nitrogens is 2. The van der Waals surface area contributed by atoms with Crippen LogP contribution >= 0.6 is 0 Å². The van der Waals surface area contributed by atoms with Crippen molar-refractivity contribution in [2.24, 2.45) is 4.99 Å². The van der Waals surface area contributed by atoms with E-state index >= 15 is 0 Å². The molecule has 8 nitrogen and oxygen atoms in total. The average Bonchev–Trinajstić information content (AvgIpc) is 3.18. The van der Waals surface area contributed by atoms with E-state index in [0.717, 1.165) is 0 Å². The molecule has 0 radical (unpaired) electrons. The first kappa shape index (κ1) is 15.5. The summed E-state index contributed by atoms with van der Waals surface area (Å²) in [6, 6.07) is 13.9. The average molecular weight is 361 g/mol. The van der Waals surface area contributed by atoms with Gasteiger partial charge in [0.2, 0.25) is 6.29 Å². The van der Waals surface area contributed by atoms with Crippen LogP contribution in [0, 0.1) is 0 Å². The first-order valence-corrected chi connectivity index (χ1v) is 8.07. The molecule has 0 saturated carbocycles. The normalized spacial score (nSPS) is 15.9. The third kappa shape index (κ3) is 2.59. The van der Waals surface area contributed by atoms with Crippen LogP contribution < -0.4 is 5.63 Å². The number of hydrogen-bond acceptors (Lipinski definition) is 8. The summed E-state index contributed by atoms with van der Waals surface area (Å²) in [7, 11) is 0. The highest BCUT2D eigenvalue weighted by molar-refractivity contribution is 5.93. The molecule has 27 heavy (non-hydrogen) atoms. The van der Waals surface area contributed by atoms with Crippen LogP contribution in [0.2, 0.25) is 0 Å². The Labute approximate surface area is 151 Å². The number of aliphatic hydroxyl groups is 1. The van der Waals surface area contributed by atoms with Crippen molar-refractivity contribution in [1.82, 2.24) is 9.97 Å². The van der Waals surface area contributed by atoms with Gasteiger partial charge in [-0.2, -0.15) is 4.98 Å². The van der Waals surface area contributed by atoms with Gasteiger partial charge in [0.25, 0.3) is 17.7 Å². The highest BCUT2D eigenvalue weighted by atomic mass is 16.6. The minimum absolute atomic E-state index is 0.0195. The molecule has 2 aromatic carbocycles. The van der Waals surface area contributed by atoms with Gasteiger partial charge in [-0.05, 0) is 18.2 Å². The summed E-state index contributed by atoms with van der Waals surface area (Å²) < 4.78 is 16.0. The molecule has 0 spiro atoms. The van der Waals surface area contributed by atoms with Gasteiger partial charge < -0.3 is 18.7 Å². The quantitative estimate of drug-likeness (QED) is 0.584. The van der Waals surface area contributed by atoms with Crippen molar-refractivity contribution < 1.29 is 18.7 Å². The number of fused-ring (bicyclic) bond motifs is 2. The fourth-order valence-electron chi connectivity index (χ4n) is 2.80. The molecule has 0 saturated heterocycles. The maximum atomic E-state index is 12.1. The summed E-state index contributed by atoms with van der Waals surface area (Å²) >= 11 is 0. The van der Waals surface area contributed by atoms with E-state index in [9.17, 15) is 9.90 Å². The molecule has 3 heterocycles. The van der Waals surface area contributed by atoms with Crippen LogP contribution in [0.5, 0.6) is 0 Å². The molecule has 0 aliphatic carbocycles. The maximum absolute atomic E-state index is 12.1.